The van der Waals surface area contributed by atoms with Gasteiger partial charge < -0.3 is 13.9 Å². The number of hydrogen-bond acceptors (Lipinski definition) is 8. The molecule has 11 nitrogen and oxygen atoms in total. The second kappa shape index (κ2) is 8.57. The molecular weight excluding hydrogens is 422 g/mol. The maximum Gasteiger partial charge on any atom is 0.311 e. The molecule has 3 heterocycles. The zero-order chi connectivity index (χ0) is 22.0. The molecule has 0 bridgehead atoms. The molecule has 1 fully saturated rings. The number of carbonyl (C=O) groups excluding carboxylic acids is 1. The van der Waals surface area contributed by atoms with Crippen LogP contribution in [0.3, 0.4) is 0 Å². The van der Waals surface area contributed by atoms with Gasteiger partial charge >= 0.3 is 11.8 Å². The SMILES string of the molecule is Cn1cncc1CN1CCN(C(=O)c2nnc(Cc3ccccc3S(N)(=O)=O)o2)CC1. The molecule has 2 aromatic heterocycles. The molecule has 12 heteroatoms. The number of aromatic nitrogens is 4. The summed E-state index contributed by atoms with van der Waals surface area (Å²) in [6.07, 6.45) is 3.67. The third kappa shape index (κ3) is 4.81. The third-order valence-electron chi connectivity index (χ3n) is 5.23. The van der Waals surface area contributed by atoms with Crippen LogP contribution in [0.5, 0.6) is 0 Å². The first-order valence-corrected chi connectivity index (χ1v) is 11.3. The van der Waals surface area contributed by atoms with E-state index in [1.165, 1.54) is 6.07 Å². The Labute approximate surface area is 179 Å². The van der Waals surface area contributed by atoms with Gasteiger partial charge in [-0.05, 0) is 11.6 Å². The van der Waals surface area contributed by atoms with Crippen LogP contribution in [0, 0.1) is 0 Å². The van der Waals surface area contributed by atoms with E-state index < -0.39 is 10.0 Å². The van der Waals surface area contributed by atoms with Crippen LogP contribution in [0.2, 0.25) is 0 Å². The van der Waals surface area contributed by atoms with E-state index in [1.807, 2.05) is 17.8 Å². The minimum atomic E-state index is -3.88. The summed E-state index contributed by atoms with van der Waals surface area (Å²) in [4.78, 5) is 20.8. The van der Waals surface area contributed by atoms with Gasteiger partial charge in [-0.3, -0.25) is 9.69 Å². The maximum absolute atomic E-state index is 12.8. The number of aryl methyl sites for hydroxylation is 1. The van der Waals surface area contributed by atoms with Crippen LogP contribution in [0.15, 0.2) is 46.1 Å². The van der Waals surface area contributed by atoms with E-state index in [0.717, 1.165) is 25.3 Å². The fraction of sp³-hybridized carbons (Fsp3) is 0.368. The third-order valence-corrected chi connectivity index (χ3v) is 6.24. The maximum atomic E-state index is 12.8. The molecule has 0 spiro atoms. The molecule has 164 valence electrons. The lowest BCUT2D eigenvalue weighted by Gasteiger charge is -2.33. The molecular formula is C19H23N7O4S. The first-order valence-electron chi connectivity index (χ1n) is 9.71. The molecule has 0 radical (unpaired) electrons. The Hall–Kier alpha value is -3.09. The van der Waals surface area contributed by atoms with Crippen LogP contribution >= 0.6 is 0 Å². The summed E-state index contributed by atoms with van der Waals surface area (Å²) in [5, 5.41) is 13.0. The summed E-state index contributed by atoms with van der Waals surface area (Å²) in [7, 11) is -1.93. The van der Waals surface area contributed by atoms with Crippen LogP contribution in [-0.2, 0) is 30.0 Å². The van der Waals surface area contributed by atoms with Gasteiger partial charge in [-0.15, -0.1) is 10.2 Å². The number of imidazole rings is 1. The first kappa shape index (κ1) is 21.2. The number of hydrogen-bond donors (Lipinski definition) is 1. The van der Waals surface area contributed by atoms with Gasteiger partial charge in [0, 0.05) is 46.0 Å². The molecule has 0 aliphatic carbocycles. The van der Waals surface area contributed by atoms with Gasteiger partial charge in [0.25, 0.3) is 0 Å². The number of rotatable bonds is 6. The molecule has 4 rings (SSSR count). The lowest BCUT2D eigenvalue weighted by atomic mass is 10.1. The average Bonchev–Trinajstić information content (AvgIpc) is 3.37. The van der Waals surface area contributed by atoms with Crippen molar-refractivity contribution in [2.75, 3.05) is 26.2 Å². The molecule has 3 aromatic rings. The van der Waals surface area contributed by atoms with Gasteiger partial charge in [0.1, 0.15) is 0 Å². The molecule has 1 saturated heterocycles. The summed E-state index contributed by atoms with van der Waals surface area (Å²) in [5.41, 5.74) is 1.54. The van der Waals surface area contributed by atoms with Gasteiger partial charge in [-0.2, -0.15) is 0 Å². The van der Waals surface area contributed by atoms with Crippen molar-refractivity contribution < 1.29 is 17.6 Å². The van der Waals surface area contributed by atoms with Crippen molar-refractivity contribution in [2.45, 2.75) is 17.9 Å². The van der Waals surface area contributed by atoms with Crippen LogP contribution in [0.4, 0.5) is 0 Å². The highest BCUT2D eigenvalue weighted by Gasteiger charge is 2.27. The number of carbonyl (C=O) groups is 1. The zero-order valence-corrected chi connectivity index (χ0v) is 17.8. The Balaban J connectivity index is 1.38. The van der Waals surface area contributed by atoms with Crippen LogP contribution < -0.4 is 5.14 Å². The van der Waals surface area contributed by atoms with Gasteiger partial charge in [-0.1, -0.05) is 18.2 Å². The highest BCUT2D eigenvalue weighted by molar-refractivity contribution is 7.89. The van der Waals surface area contributed by atoms with Gasteiger partial charge in [0.2, 0.25) is 15.9 Å². The van der Waals surface area contributed by atoms with E-state index in [9.17, 15) is 13.2 Å². The Bertz CT molecular complexity index is 1180. The summed E-state index contributed by atoms with van der Waals surface area (Å²) in [5.74, 6) is -0.295. The van der Waals surface area contributed by atoms with Crippen LogP contribution in [0.25, 0.3) is 0 Å². The van der Waals surface area contributed by atoms with Crippen LogP contribution in [-0.4, -0.2) is 70.1 Å². The van der Waals surface area contributed by atoms with Gasteiger partial charge in [0.15, 0.2) is 0 Å². The summed E-state index contributed by atoms with van der Waals surface area (Å²) in [6.45, 7) is 3.30. The minimum Gasteiger partial charge on any atom is -0.417 e. The first-order chi connectivity index (χ1) is 14.8. The molecule has 1 amide bonds. The number of sulfonamides is 1. The second-order valence-electron chi connectivity index (χ2n) is 7.39. The number of nitrogens with zero attached hydrogens (tertiary/aromatic N) is 6. The smallest absolute Gasteiger partial charge is 0.311 e. The van der Waals surface area contributed by atoms with E-state index in [-0.39, 0.29) is 29.0 Å². The number of primary sulfonamides is 1. The normalized spacial score (nSPS) is 15.4. The number of benzene rings is 1. The topological polar surface area (TPSA) is 140 Å². The molecule has 2 N–H and O–H groups in total. The standard InChI is InChI=1S/C19H23N7O4S/c1-24-13-21-11-15(24)12-25-6-8-26(9-7-25)19(27)18-23-22-17(30-18)10-14-4-2-3-5-16(14)31(20,28)29/h2-5,11,13H,6-10,12H2,1H3,(H2,20,28,29). The molecule has 0 unspecified atom stereocenters. The lowest BCUT2D eigenvalue weighted by molar-refractivity contribution is 0.0586. The average molecular weight is 446 g/mol. The fourth-order valence-corrected chi connectivity index (χ4v) is 4.29. The lowest BCUT2D eigenvalue weighted by Crippen LogP contribution is -2.48. The van der Waals surface area contributed by atoms with E-state index in [0.29, 0.717) is 18.7 Å². The highest BCUT2D eigenvalue weighted by atomic mass is 32.2. The van der Waals surface area contributed by atoms with Crippen molar-refractivity contribution in [2.24, 2.45) is 12.2 Å². The summed E-state index contributed by atoms with van der Waals surface area (Å²) >= 11 is 0. The van der Waals surface area contributed by atoms with E-state index in [4.69, 9.17) is 9.56 Å². The molecule has 31 heavy (non-hydrogen) atoms. The van der Waals surface area contributed by atoms with Crippen molar-refractivity contribution >= 4 is 15.9 Å². The van der Waals surface area contributed by atoms with Gasteiger partial charge in [0.05, 0.1) is 23.3 Å². The number of nitrogens with two attached hydrogens (primary N) is 1. The van der Waals surface area contributed by atoms with Crippen molar-refractivity contribution in [3.05, 3.63) is 59.8 Å². The zero-order valence-electron chi connectivity index (χ0n) is 17.0. The van der Waals surface area contributed by atoms with E-state index in [2.05, 4.69) is 20.1 Å². The van der Waals surface area contributed by atoms with Gasteiger partial charge in [-0.25, -0.2) is 18.5 Å². The van der Waals surface area contributed by atoms with Crippen molar-refractivity contribution in [3.63, 3.8) is 0 Å². The number of amides is 1. The molecule has 0 atom stereocenters. The minimum absolute atomic E-state index is 0.00868. The Morgan fingerprint density at radius 3 is 2.58 bits per heavy atom. The van der Waals surface area contributed by atoms with Crippen molar-refractivity contribution in [1.29, 1.82) is 0 Å². The molecule has 1 aromatic carbocycles. The van der Waals surface area contributed by atoms with Crippen LogP contribution in [0.1, 0.15) is 27.8 Å². The van der Waals surface area contributed by atoms with E-state index in [1.54, 1.807) is 29.4 Å². The predicted octanol–water partition coefficient (Wildman–Crippen LogP) is -0.000700. The second-order valence-corrected chi connectivity index (χ2v) is 8.92. The molecule has 1 aliphatic rings. The van der Waals surface area contributed by atoms with E-state index >= 15 is 0 Å². The molecule has 1 aliphatic heterocycles. The van der Waals surface area contributed by atoms with Crippen molar-refractivity contribution in [3.8, 4) is 0 Å². The largest absolute Gasteiger partial charge is 0.417 e. The molecule has 0 saturated carbocycles. The summed E-state index contributed by atoms with van der Waals surface area (Å²) in [6, 6.07) is 6.31. The quantitative estimate of drug-likeness (QED) is 0.559. The number of piperazine rings is 1. The highest BCUT2D eigenvalue weighted by Crippen LogP contribution is 2.18. The monoisotopic (exact) mass is 445 g/mol. The predicted molar refractivity (Wildman–Crippen MR) is 109 cm³/mol. The summed E-state index contributed by atoms with van der Waals surface area (Å²) < 4.78 is 31.0. The Morgan fingerprint density at radius 2 is 1.90 bits per heavy atom. The Morgan fingerprint density at radius 1 is 1.16 bits per heavy atom. The fourth-order valence-electron chi connectivity index (χ4n) is 3.51. The Kier molecular flexibility index (Phi) is 5.85. The van der Waals surface area contributed by atoms with Crippen molar-refractivity contribution in [1.82, 2.24) is 29.5 Å².